The number of piperidine rings is 1. The minimum absolute atomic E-state index is 0.0202. The zero-order valence-corrected chi connectivity index (χ0v) is 14.5. The van der Waals surface area contributed by atoms with E-state index in [1.165, 1.54) is 11.3 Å². The van der Waals surface area contributed by atoms with E-state index in [2.05, 4.69) is 17.6 Å². The number of hydrogen-bond acceptors (Lipinski definition) is 2. The molecule has 126 valence electrons. The van der Waals surface area contributed by atoms with Gasteiger partial charge in [-0.05, 0) is 37.5 Å². The van der Waals surface area contributed by atoms with Crippen LogP contribution in [0.3, 0.4) is 0 Å². The van der Waals surface area contributed by atoms with E-state index < -0.39 is 0 Å². The van der Waals surface area contributed by atoms with Gasteiger partial charge in [0.1, 0.15) is 0 Å². The molecule has 1 heterocycles. The first-order chi connectivity index (χ1) is 11.0. The highest BCUT2D eigenvalue weighted by atomic mass is 35.5. The average Bonchev–Trinajstić information content (AvgIpc) is 2.50. The standard InChI is InChI=1S/C17H24ClN3O2/c1-12-5-4-8-21(10-12)11-17(23)19-9-16(22)20-15-7-3-6-14(18)13(15)2/h3,6-7,12H,4-5,8-11H2,1-2H3,(H,19,23)(H,20,22)/p+1/t12-/m1/s1. The molecule has 1 aliphatic heterocycles. The first-order valence-electron chi connectivity index (χ1n) is 8.11. The molecular weight excluding hydrogens is 314 g/mol. The number of nitrogens with one attached hydrogen (secondary N) is 3. The smallest absolute Gasteiger partial charge is 0.275 e. The topological polar surface area (TPSA) is 62.6 Å². The van der Waals surface area contributed by atoms with Crippen molar-refractivity contribution in [1.82, 2.24) is 5.32 Å². The molecule has 2 amide bonds. The van der Waals surface area contributed by atoms with E-state index in [1.807, 2.05) is 6.92 Å². The molecule has 0 radical (unpaired) electrons. The minimum atomic E-state index is -0.245. The van der Waals surface area contributed by atoms with Crippen LogP contribution in [-0.2, 0) is 9.59 Å². The van der Waals surface area contributed by atoms with Crippen molar-refractivity contribution in [2.24, 2.45) is 5.92 Å². The molecular formula is C17H25ClN3O2+. The van der Waals surface area contributed by atoms with E-state index in [1.54, 1.807) is 18.2 Å². The van der Waals surface area contributed by atoms with Crippen molar-refractivity contribution in [1.29, 1.82) is 0 Å². The van der Waals surface area contributed by atoms with Gasteiger partial charge in [-0.1, -0.05) is 24.6 Å². The molecule has 5 nitrogen and oxygen atoms in total. The summed E-state index contributed by atoms with van der Waals surface area (Å²) in [4.78, 5) is 25.2. The molecule has 0 aliphatic carbocycles. The van der Waals surface area contributed by atoms with Crippen molar-refractivity contribution in [2.75, 3.05) is 31.5 Å². The predicted octanol–water partition coefficient (Wildman–Crippen LogP) is 1.02. The summed E-state index contributed by atoms with van der Waals surface area (Å²) in [6.07, 6.45) is 2.41. The van der Waals surface area contributed by atoms with Crippen molar-refractivity contribution in [2.45, 2.75) is 26.7 Å². The number of anilines is 1. The number of carbonyl (C=O) groups excluding carboxylic acids is 2. The van der Waals surface area contributed by atoms with Gasteiger partial charge in [-0.25, -0.2) is 0 Å². The molecule has 23 heavy (non-hydrogen) atoms. The number of likely N-dealkylation sites (tertiary alicyclic amines) is 1. The second-order valence-corrected chi connectivity index (χ2v) is 6.77. The highest BCUT2D eigenvalue weighted by Crippen LogP contribution is 2.22. The van der Waals surface area contributed by atoms with E-state index in [9.17, 15) is 9.59 Å². The summed E-state index contributed by atoms with van der Waals surface area (Å²) >= 11 is 6.02. The Bertz CT molecular complexity index is 577. The first kappa shape index (κ1) is 17.8. The lowest BCUT2D eigenvalue weighted by Crippen LogP contribution is -3.14. The quantitative estimate of drug-likeness (QED) is 0.750. The van der Waals surface area contributed by atoms with Gasteiger partial charge >= 0.3 is 0 Å². The summed E-state index contributed by atoms with van der Waals surface area (Å²) in [6.45, 7) is 6.55. The second kappa shape index (κ2) is 8.31. The van der Waals surface area contributed by atoms with Gasteiger partial charge in [0.2, 0.25) is 5.91 Å². The maximum atomic E-state index is 12.0. The maximum absolute atomic E-state index is 12.0. The molecule has 0 aromatic heterocycles. The average molecular weight is 339 g/mol. The largest absolute Gasteiger partial charge is 0.342 e. The molecule has 1 aromatic carbocycles. The summed E-state index contributed by atoms with van der Waals surface area (Å²) < 4.78 is 0. The van der Waals surface area contributed by atoms with Crippen LogP contribution in [0.5, 0.6) is 0 Å². The van der Waals surface area contributed by atoms with Gasteiger partial charge in [-0.15, -0.1) is 0 Å². The van der Waals surface area contributed by atoms with E-state index in [-0.39, 0.29) is 18.4 Å². The number of amides is 2. The second-order valence-electron chi connectivity index (χ2n) is 6.37. The van der Waals surface area contributed by atoms with Crippen LogP contribution in [0.1, 0.15) is 25.3 Å². The van der Waals surface area contributed by atoms with E-state index >= 15 is 0 Å². The normalized spacial score (nSPS) is 20.8. The Labute approximate surface area is 142 Å². The minimum Gasteiger partial charge on any atom is -0.342 e. The molecule has 2 atom stereocenters. The van der Waals surface area contributed by atoms with Gasteiger partial charge in [0, 0.05) is 16.6 Å². The molecule has 1 fully saturated rings. The molecule has 1 unspecified atom stereocenters. The van der Waals surface area contributed by atoms with Crippen molar-refractivity contribution in [3.8, 4) is 0 Å². The van der Waals surface area contributed by atoms with Gasteiger partial charge in [0.05, 0.1) is 19.6 Å². The SMILES string of the molecule is Cc1c(Cl)cccc1NC(=O)CNC(=O)C[NH+]1CCC[C@@H](C)C1. The summed E-state index contributed by atoms with van der Waals surface area (Å²) in [5.74, 6) is 0.346. The fourth-order valence-corrected chi connectivity index (χ4v) is 3.14. The van der Waals surface area contributed by atoms with Crippen LogP contribution < -0.4 is 15.5 Å². The number of halogens is 1. The Hall–Kier alpha value is -1.59. The lowest BCUT2D eigenvalue weighted by atomic mass is 10.0. The van der Waals surface area contributed by atoms with Crippen molar-refractivity contribution < 1.29 is 14.5 Å². The fourth-order valence-electron chi connectivity index (χ4n) is 2.96. The van der Waals surface area contributed by atoms with E-state index in [0.717, 1.165) is 25.1 Å². The molecule has 0 spiro atoms. The maximum Gasteiger partial charge on any atom is 0.275 e. The highest BCUT2D eigenvalue weighted by molar-refractivity contribution is 6.31. The number of carbonyl (C=O) groups is 2. The molecule has 1 aromatic rings. The molecule has 0 bridgehead atoms. The van der Waals surface area contributed by atoms with Crippen LogP contribution >= 0.6 is 11.6 Å². The van der Waals surface area contributed by atoms with Gasteiger partial charge in [0.15, 0.2) is 6.54 Å². The third-order valence-electron chi connectivity index (χ3n) is 4.26. The summed E-state index contributed by atoms with van der Waals surface area (Å²) in [5.41, 5.74) is 1.49. The van der Waals surface area contributed by atoms with Crippen LogP contribution in [0.2, 0.25) is 5.02 Å². The molecule has 0 saturated carbocycles. The monoisotopic (exact) mass is 338 g/mol. The van der Waals surface area contributed by atoms with Gasteiger partial charge in [-0.2, -0.15) is 0 Å². The third-order valence-corrected chi connectivity index (χ3v) is 4.67. The van der Waals surface area contributed by atoms with Gasteiger partial charge in [-0.3, -0.25) is 9.59 Å². The van der Waals surface area contributed by atoms with Gasteiger partial charge < -0.3 is 15.5 Å². The fraction of sp³-hybridized carbons (Fsp3) is 0.529. The number of quaternary nitrogens is 1. The first-order valence-corrected chi connectivity index (χ1v) is 8.48. The molecule has 1 aliphatic rings. The zero-order chi connectivity index (χ0) is 16.8. The number of rotatable bonds is 5. The summed E-state index contributed by atoms with van der Waals surface area (Å²) in [7, 11) is 0. The van der Waals surface area contributed by atoms with E-state index in [4.69, 9.17) is 11.6 Å². The lowest BCUT2D eigenvalue weighted by Gasteiger charge is -2.27. The Morgan fingerprint density at radius 1 is 1.35 bits per heavy atom. The van der Waals surface area contributed by atoms with E-state index in [0.29, 0.717) is 23.2 Å². The Morgan fingerprint density at radius 3 is 2.87 bits per heavy atom. The summed E-state index contributed by atoms with van der Waals surface area (Å²) in [6, 6.07) is 5.35. The molecule has 3 N–H and O–H groups in total. The molecule has 6 heteroatoms. The Kier molecular flexibility index (Phi) is 6.42. The third kappa shape index (κ3) is 5.52. The lowest BCUT2D eigenvalue weighted by molar-refractivity contribution is -0.900. The zero-order valence-electron chi connectivity index (χ0n) is 13.7. The Morgan fingerprint density at radius 2 is 2.13 bits per heavy atom. The number of hydrogen-bond donors (Lipinski definition) is 3. The van der Waals surface area contributed by atoms with Crippen LogP contribution in [-0.4, -0.2) is 38.0 Å². The van der Waals surface area contributed by atoms with Crippen LogP contribution in [0, 0.1) is 12.8 Å². The van der Waals surface area contributed by atoms with Crippen LogP contribution in [0.4, 0.5) is 5.69 Å². The summed E-state index contributed by atoms with van der Waals surface area (Å²) in [5, 5.41) is 6.07. The predicted molar refractivity (Wildman–Crippen MR) is 91.8 cm³/mol. The molecule has 2 rings (SSSR count). The Balaban J connectivity index is 1.75. The van der Waals surface area contributed by atoms with Crippen molar-refractivity contribution in [3.63, 3.8) is 0 Å². The number of benzene rings is 1. The molecule has 1 saturated heterocycles. The van der Waals surface area contributed by atoms with Crippen molar-refractivity contribution in [3.05, 3.63) is 28.8 Å². The highest BCUT2D eigenvalue weighted by Gasteiger charge is 2.22. The van der Waals surface area contributed by atoms with Crippen molar-refractivity contribution >= 4 is 29.1 Å². The van der Waals surface area contributed by atoms with Crippen LogP contribution in [0.15, 0.2) is 18.2 Å². The van der Waals surface area contributed by atoms with Gasteiger partial charge in [0.25, 0.3) is 5.91 Å². The van der Waals surface area contributed by atoms with Crippen LogP contribution in [0.25, 0.3) is 0 Å².